The molecule has 16 heteroatoms. The van der Waals surface area contributed by atoms with Gasteiger partial charge in [0.2, 0.25) is 0 Å². The maximum absolute atomic E-state index is 14.7. The Bertz CT molecular complexity index is 2480. The van der Waals surface area contributed by atoms with Crippen LogP contribution in [0.25, 0.3) is 20.8 Å². The number of alkyl halides is 6. The topological polar surface area (TPSA) is 128 Å². The molecule has 0 radical (unpaired) electrons. The third-order valence-electron chi connectivity index (χ3n) is 8.27. The van der Waals surface area contributed by atoms with Crippen molar-refractivity contribution < 1.29 is 43.5 Å². The van der Waals surface area contributed by atoms with Gasteiger partial charge < -0.3 is 4.55 Å². The Morgan fingerprint density at radius 1 is 0.860 bits per heavy atom. The van der Waals surface area contributed by atoms with Crippen LogP contribution in [0.4, 0.5) is 26.3 Å². The lowest BCUT2D eigenvalue weighted by atomic mass is 9.93. The minimum absolute atomic E-state index is 0.124. The number of benzene rings is 3. The van der Waals surface area contributed by atoms with Crippen molar-refractivity contribution in [3.63, 3.8) is 0 Å². The second kappa shape index (κ2) is 12.7. The van der Waals surface area contributed by atoms with Crippen molar-refractivity contribution in [2.45, 2.75) is 42.1 Å². The molecule has 8 nitrogen and oxygen atoms in total. The van der Waals surface area contributed by atoms with Crippen LogP contribution in [-0.4, -0.2) is 22.7 Å². The fraction of sp³-hybridized carbons (Fsp3) is 0.176. The molecule has 0 saturated carbocycles. The van der Waals surface area contributed by atoms with Crippen LogP contribution in [0.3, 0.4) is 0 Å². The minimum Gasteiger partial charge on any atom is -0.306 e. The van der Waals surface area contributed by atoms with Gasteiger partial charge in [0.05, 0.1) is 21.8 Å². The molecule has 0 heterocycles. The number of fused-ring (bicyclic) bond motifs is 2. The molecule has 0 fully saturated rings. The predicted molar refractivity (Wildman–Crippen MR) is 167 cm³/mol. The zero-order valence-corrected chi connectivity index (χ0v) is 26.9. The van der Waals surface area contributed by atoms with Crippen LogP contribution in [0.2, 0.25) is 0 Å². The number of hydrogen-bond acceptors (Lipinski definition) is 5. The van der Waals surface area contributed by atoms with E-state index in [0.717, 1.165) is 12.1 Å². The van der Waals surface area contributed by atoms with Gasteiger partial charge in [-0.1, -0.05) is 42.0 Å². The number of aryl methyl sites for hydroxylation is 1. The van der Waals surface area contributed by atoms with Gasteiger partial charge in [0.15, 0.2) is 11.1 Å². The lowest BCUT2D eigenvalue weighted by Gasteiger charge is -2.17. The van der Waals surface area contributed by atoms with Gasteiger partial charge >= 0.3 is 17.5 Å². The van der Waals surface area contributed by atoms with Crippen LogP contribution in [0.5, 0.6) is 0 Å². The fourth-order valence-electron chi connectivity index (χ4n) is 6.25. The molecule has 1 atom stereocenters. The normalized spacial score (nSPS) is 14.6. The summed E-state index contributed by atoms with van der Waals surface area (Å²) in [5.74, 6) is -1.45. The summed E-state index contributed by atoms with van der Waals surface area (Å²) in [6.45, 7) is 16.9. The Morgan fingerprint density at radius 3 is 1.82 bits per heavy atom. The lowest BCUT2D eigenvalue weighted by molar-refractivity contribution is -0.137. The predicted octanol–water partition coefficient (Wildman–Crippen LogP) is 5.93. The second-order valence-electron chi connectivity index (χ2n) is 11.1. The van der Waals surface area contributed by atoms with Crippen molar-refractivity contribution >= 4 is 32.1 Å². The van der Waals surface area contributed by atoms with Crippen LogP contribution in [0, 0.1) is 42.7 Å². The summed E-state index contributed by atoms with van der Waals surface area (Å²) in [7, 11) is -6.37. The van der Waals surface area contributed by atoms with Crippen LogP contribution < -0.4 is 10.4 Å². The highest BCUT2D eigenvalue weighted by molar-refractivity contribution is 7.92. The van der Waals surface area contributed by atoms with Gasteiger partial charge in [-0.15, -0.1) is 0 Å². The van der Waals surface area contributed by atoms with Crippen LogP contribution in [-0.2, 0) is 45.7 Å². The van der Waals surface area contributed by atoms with E-state index in [2.05, 4.69) is 9.69 Å². The molecule has 3 aromatic rings. The van der Waals surface area contributed by atoms with E-state index >= 15 is 0 Å². The highest BCUT2D eigenvalue weighted by Crippen LogP contribution is 2.42. The Labute approximate surface area is 283 Å². The molecule has 2 aliphatic rings. The molecule has 0 aromatic heterocycles. The van der Waals surface area contributed by atoms with Crippen LogP contribution >= 0.6 is 0 Å². The third-order valence-corrected chi connectivity index (χ3v) is 10.4. The number of sulfone groups is 1. The minimum atomic E-state index is -6.37. The third kappa shape index (κ3) is 5.88. The van der Waals surface area contributed by atoms with Crippen molar-refractivity contribution in [2.75, 3.05) is 0 Å². The number of rotatable bonds is 5. The van der Waals surface area contributed by atoms with Crippen molar-refractivity contribution in [1.29, 1.82) is 10.5 Å². The van der Waals surface area contributed by atoms with E-state index in [1.54, 1.807) is 31.2 Å². The van der Waals surface area contributed by atoms with Crippen molar-refractivity contribution in [1.82, 2.24) is 0 Å². The molecule has 2 aliphatic carbocycles. The van der Waals surface area contributed by atoms with Gasteiger partial charge in [0, 0.05) is 11.6 Å². The first-order chi connectivity index (χ1) is 23.4. The molecule has 252 valence electrons. The van der Waals surface area contributed by atoms with Crippen LogP contribution in [0.1, 0.15) is 38.9 Å². The molecule has 0 bridgehead atoms. The van der Waals surface area contributed by atoms with Crippen molar-refractivity contribution in [3.8, 4) is 12.1 Å². The molecular weight excluding hydrogens is 707 g/mol. The maximum Gasteiger partial charge on any atom is 0.523 e. The Balaban J connectivity index is 2.20. The average Bonchev–Trinajstić information content (AvgIpc) is 3.61. The van der Waals surface area contributed by atoms with Gasteiger partial charge in [-0.3, -0.25) is 0 Å². The van der Waals surface area contributed by atoms with Crippen molar-refractivity contribution in [2.24, 2.45) is 0 Å². The molecule has 0 amide bonds. The molecule has 5 rings (SSSR count). The summed E-state index contributed by atoms with van der Waals surface area (Å²) in [4.78, 5) is 5.12. The summed E-state index contributed by atoms with van der Waals surface area (Å²) in [5.41, 5.74) is -9.10. The molecule has 50 heavy (non-hydrogen) atoms. The number of hydrogen-bond donors (Lipinski definition) is 1. The first kappa shape index (κ1) is 35.8. The standard InChI is InChI=1S/C34H18F6N4O4S2/c1-17-4-6-18(7-5-17)28-25(32(43-2)44-3)13-23-26(16-49(45)46)29-24(31(30(23)28)50(47,48)34(38,39)40)12-22(20(14-41)15-42)27(29)19-8-10-21(11-9-19)33(35,36)37/h4-11H,12-13,16H2,1H3,(H,45,46). The average molecular weight is 725 g/mol. The first-order valence-corrected chi connectivity index (χ1v) is 16.8. The molecule has 3 aromatic carbocycles. The highest BCUT2D eigenvalue weighted by atomic mass is 32.2. The zero-order chi connectivity index (χ0) is 36.9. The summed E-state index contributed by atoms with van der Waals surface area (Å²) in [5, 5.41) is 18.7. The van der Waals surface area contributed by atoms with E-state index in [1.165, 1.54) is 12.1 Å². The monoisotopic (exact) mass is 724 g/mol. The number of allylic oxidation sites excluding steroid dienone is 3. The number of halogens is 6. The van der Waals surface area contributed by atoms with E-state index in [9.17, 15) is 54.0 Å². The maximum atomic E-state index is 14.7. The number of nitriles is 2. The van der Waals surface area contributed by atoms with Gasteiger partial charge in [0.1, 0.15) is 30.9 Å². The molecular formula is C34H18F6N4O4S2. The second-order valence-corrected chi connectivity index (χ2v) is 13.9. The Hall–Kier alpha value is -5.52. The zero-order valence-electron chi connectivity index (χ0n) is 25.3. The van der Waals surface area contributed by atoms with E-state index in [-0.39, 0.29) is 49.8 Å². The summed E-state index contributed by atoms with van der Waals surface area (Å²) in [6, 6.07) is 12.4. The summed E-state index contributed by atoms with van der Waals surface area (Å²) < 4.78 is 135. The molecule has 1 N–H and O–H groups in total. The highest BCUT2D eigenvalue weighted by Gasteiger charge is 2.51. The van der Waals surface area contributed by atoms with Gasteiger partial charge in [-0.2, -0.15) is 46.6 Å². The van der Waals surface area contributed by atoms with Crippen molar-refractivity contribution in [3.05, 3.63) is 143 Å². The number of nitrogens with zero attached hydrogens (tertiary/aromatic N) is 4. The van der Waals surface area contributed by atoms with E-state index < -0.39 is 83.8 Å². The largest absolute Gasteiger partial charge is 0.523 e. The smallest absolute Gasteiger partial charge is 0.306 e. The van der Waals surface area contributed by atoms with E-state index in [1.807, 2.05) is 0 Å². The fourth-order valence-corrected chi connectivity index (χ4v) is 8.04. The quantitative estimate of drug-likeness (QED) is 0.150. The molecule has 1 unspecified atom stereocenters. The Kier molecular flexibility index (Phi) is 9.12. The summed E-state index contributed by atoms with van der Waals surface area (Å²) in [6.07, 6.45) is -6.16. The van der Waals surface area contributed by atoms with Crippen LogP contribution in [0.15, 0.2) is 76.0 Å². The Morgan fingerprint density at radius 2 is 1.36 bits per heavy atom. The molecule has 0 aliphatic heterocycles. The SMILES string of the molecule is [C-]#[N+]C([N+]#[C-])=C1Cc2c(CS(=O)O)c3c(c(S(=O)(=O)C(F)(F)F)c2=C1c1ccc(C)cc1)CC(=C(C#N)C#N)C=3c1ccc(C(F)(F)F)cc1. The van der Waals surface area contributed by atoms with E-state index in [0.29, 0.717) is 17.7 Å². The van der Waals surface area contributed by atoms with Gasteiger partial charge in [-0.05, 0) is 75.2 Å². The molecule has 0 saturated heterocycles. The summed E-state index contributed by atoms with van der Waals surface area (Å²) >= 11 is -2.77. The lowest BCUT2D eigenvalue weighted by Crippen LogP contribution is -2.36. The first-order valence-electron chi connectivity index (χ1n) is 14.0. The van der Waals surface area contributed by atoms with Gasteiger partial charge in [-0.25, -0.2) is 12.6 Å². The molecule has 0 spiro atoms. The van der Waals surface area contributed by atoms with Gasteiger partial charge in [0.25, 0.3) is 9.84 Å². The van der Waals surface area contributed by atoms with E-state index in [4.69, 9.17) is 13.1 Å².